The molecule has 1 radical (unpaired) electrons. The minimum Gasteiger partial charge on any atom is -0.873 e. The monoisotopic (exact) mass is 714 g/mol. The molecule has 0 spiro atoms. The molecule has 0 aliphatic heterocycles. The van der Waals surface area contributed by atoms with Gasteiger partial charge in [0.15, 0.2) is 0 Å². The van der Waals surface area contributed by atoms with Gasteiger partial charge in [-0.2, -0.15) is 0 Å². The van der Waals surface area contributed by atoms with Gasteiger partial charge in [0.05, 0.1) is 12.1 Å². The third-order valence-electron chi connectivity index (χ3n) is 6.24. The molecule has 9 heteroatoms. The molecule has 0 aromatic heterocycles. The number of benzene rings is 3. The van der Waals surface area contributed by atoms with Crippen LogP contribution < -0.4 is 25.5 Å². The van der Waals surface area contributed by atoms with Crippen molar-refractivity contribution >= 4 is 12.4 Å². The zero-order valence-electron chi connectivity index (χ0n) is 22.1. The van der Waals surface area contributed by atoms with Crippen molar-refractivity contribution in [3.05, 3.63) is 77.4 Å². The first-order chi connectivity index (χ1) is 17.6. The van der Waals surface area contributed by atoms with Gasteiger partial charge in [-0.25, -0.2) is 0 Å². The van der Waals surface area contributed by atoms with Crippen molar-refractivity contribution in [1.82, 2.24) is 0 Å². The van der Waals surface area contributed by atoms with Crippen LogP contribution in [-0.4, -0.2) is 24.5 Å². The second-order valence-electron chi connectivity index (χ2n) is 10.1. The molecule has 1 aliphatic carbocycles. The van der Waals surface area contributed by atoms with E-state index >= 15 is 0 Å². The molecule has 39 heavy (non-hydrogen) atoms. The molecule has 213 valence electrons. The fraction of sp³-hybridized carbons (Fsp3) is 0.333. The van der Waals surface area contributed by atoms with Crippen LogP contribution in [0.15, 0.2) is 70.6 Å². The van der Waals surface area contributed by atoms with Crippen LogP contribution in [0.3, 0.4) is 0 Å². The summed E-state index contributed by atoms with van der Waals surface area (Å²) in [5.74, 6) is -2.14. The zero-order valence-corrected chi connectivity index (χ0v) is 25.6. The molecule has 7 nitrogen and oxygen atoms in total. The number of rotatable bonds is 4. The summed E-state index contributed by atoms with van der Waals surface area (Å²) in [6.07, 6.45) is 6.52. The predicted octanol–water partition coefficient (Wildman–Crippen LogP) is 2.89. The summed E-state index contributed by atoms with van der Waals surface area (Å²) < 4.78 is 0. The Hall–Kier alpha value is -2.14. The van der Waals surface area contributed by atoms with Gasteiger partial charge in [-0.05, 0) is 34.9 Å². The second kappa shape index (κ2) is 16.2. The molecule has 1 aliphatic rings. The van der Waals surface area contributed by atoms with Gasteiger partial charge >= 0.3 is 0 Å². The van der Waals surface area contributed by atoms with Crippen molar-refractivity contribution in [2.45, 2.75) is 64.0 Å². The largest absolute Gasteiger partial charge is 0.873 e. The summed E-state index contributed by atoms with van der Waals surface area (Å²) in [6, 6.07) is 15.4. The third-order valence-corrected chi connectivity index (χ3v) is 6.24. The number of para-hydroxylation sites is 2. The molecule has 2 atom stereocenters. The summed E-state index contributed by atoms with van der Waals surface area (Å²) in [5, 5.41) is 57.2. The molecule has 0 saturated heterocycles. The third kappa shape index (κ3) is 10.4. The minimum absolute atomic E-state index is 0. The fourth-order valence-electron chi connectivity index (χ4n) is 4.02. The van der Waals surface area contributed by atoms with Crippen LogP contribution in [0.1, 0.15) is 63.1 Å². The first kappa shape index (κ1) is 34.9. The van der Waals surface area contributed by atoms with Crippen LogP contribution in [0.5, 0.6) is 28.7 Å². The van der Waals surface area contributed by atoms with Gasteiger partial charge in [-0.3, -0.25) is 9.98 Å². The summed E-state index contributed by atoms with van der Waals surface area (Å²) >= 11 is 0. The van der Waals surface area contributed by atoms with E-state index in [4.69, 9.17) is 0 Å². The molecule has 4 rings (SSSR count). The smallest absolute Gasteiger partial charge is 0.0723 e. The van der Waals surface area contributed by atoms with E-state index in [1.807, 2.05) is 12.1 Å². The Bertz CT molecular complexity index is 1170. The molecule has 2 unspecified atom stereocenters. The van der Waals surface area contributed by atoms with E-state index in [-0.39, 0.29) is 91.8 Å². The van der Waals surface area contributed by atoms with Gasteiger partial charge in [0.25, 0.3) is 0 Å². The molecule has 0 amide bonds. The summed E-state index contributed by atoms with van der Waals surface area (Å²) in [7, 11) is 0. The van der Waals surface area contributed by atoms with Crippen LogP contribution >= 0.6 is 0 Å². The SMILES string of the molecule is CC(C)(C)c1ccc([O-])cc1.[Cu].[O-]c1cccc(C=NC2CCCCC2N=Cc2cccc([O-])c2[O-])c1[O-].[Sm]. The van der Waals surface area contributed by atoms with E-state index in [1.165, 1.54) is 42.3 Å². The molecule has 1 fully saturated rings. The first-order valence-corrected chi connectivity index (χ1v) is 12.3. The summed E-state index contributed by atoms with van der Waals surface area (Å²) in [6.45, 7) is 6.40. The number of aliphatic imine (C=N–C) groups is 2. The molecule has 3 aromatic carbocycles. The Balaban J connectivity index is 0.000000497. The Morgan fingerprint density at radius 2 is 1.08 bits per heavy atom. The number of nitrogens with zero attached hydrogens (tertiary/aromatic N) is 2. The van der Waals surface area contributed by atoms with E-state index in [2.05, 4.69) is 30.8 Å². The average molecular weight is 713 g/mol. The molecule has 0 N–H and O–H groups in total. The van der Waals surface area contributed by atoms with E-state index < -0.39 is 23.0 Å². The topological polar surface area (TPSA) is 140 Å². The van der Waals surface area contributed by atoms with Crippen molar-refractivity contribution in [3.8, 4) is 28.7 Å². The van der Waals surface area contributed by atoms with Gasteiger partial charge in [0, 0.05) is 69.9 Å². The van der Waals surface area contributed by atoms with Crippen molar-refractivity contribution in [2.75, 3.05) is 0 Å². The molecular formula is C30H31CuN2O5Sm-5. The average Bonchev–Trinajstić information content (AvgIpc) is 2.86. The van der Waals surface area contributed by atoms with Crippen LogP contribution in [0.4, 0.5) is 0 Å². The predicted molar refractivity (Wildman–Crippen MR) is 136 cm³/mol. The maximum absolute atomic E-state index is 11.8. The van der Waals surface area contributed by atoms with E-state index in [9.17, 15) is 25.5 Å². The molecule has 3 aromatic rings. The van der Waals surface area contributed by atoms with Crippen LogP contribution in [0.2, 0.25) is 0 Å². The Morgan fingerprint density at radius 1 is 0.667 bits per heavy atom. The van der Waals surface area contributed by atoms with Crippen molar-refractivity contribution in [2.24, 2.45) is 9.98 Å². The Kier molecular flexibility index (Phi) is 14.5. The summed E-state index contributed by atoms with van der Waals surface area (Å²) in [5.41, 5.74) is 1.89. The zero-order chi connectivity index (χ0) is 27.0. The minimum atomic E-state index is -0.560. The van der Waals surface area contributed by atoms with E-state index in [0.717, 1.165) is 25.7 Å². The standard InChI is InChI=1S/C20H22N2O4.C10H14O.Cu.Sm/c23-17-9-3-5-13(19(17)25)11-21-15-7-1-2-8-16(15)22-12-14-6-4-10-18(24)20(14)26;1-10(2,3)8-4-6-9(11)7-5-8;;/h3-6,9-12,15-16,23-26H,1-2,7-8H2;4-7,11H,1-3H3;;/p-5. The van der Waals surface area contributed by atoms with Gasteiger partial charge < -0.3 is 25.5 Å². The normalized spacial score (nSPS) is 17.1. The maximum Gasteiger partial charge on any atom is 0.0723 e. The van der Waals surface area contributed by atoms with Gasteiger partial charge in [-0.1, -0.05) is 94.3 Å². The molecule has 0 bridgehead atoms. The van der Waals surface area contributed by atoms with E-state index in [1.54, 1.807) is 24.3 Å². The Morgan fingerprint density at radius 3 is 1.46 bits per heavy atom. The van der Waals surface area contributed by atoms with Gasteiger partial charge in [-0.15, -0.1) is 28.7 Å². The molecule has 1 saturated carbocycles. The van der Waals surface area contributed by atoms with E-state index in [0.29, 0.717) is 0 Å². The van der Waals surface area contributed by atoms with Gasteiger partial charge in [0.2, 0.25) is 0 Å². The number of hydrogen-bond donors (Lipinski definition) is 0. The van der Waals surface area contributed by atoms with Crippen LogP contribution in [0.25, 0.3) is 0 Å². The molecular weight excluding hydrogens is 682 g/mol. The van der Waals surface area contributed by atoms with Crippen molar-refractivity contribution in [3.63, 3.8) is 0 Å². The molecule has 0 heterocycles. The summed E-state index contributed by atoms with van der Waals surface area (Å²) in [4.78, 5) is 8.94. The maximum atomic E-state index is 11.8. The second-order valence-corrected chi connectivity index (χ2v) is 10.1. The first-order valence-electron chi connectivity index (χ1n) is 12.3. The van der Waals surface area contributed by atoms with Gasteiger partial charge in [0.1, 0.15) is 0 Å². The van der Waals surface area contributed by atoms with Crippen molar-refractivity contribution in [1.29, 1.82) is 0 Å². The quantitative estimate of drug-likeness (QED) is 0.302. The van der Waals surface area contributed by atoms with Crippen LogP contribution in [0, 0.1) is 40.4 Å². The number of hydrogen-bond acceptors (Lipinski definition) is 7. The fourth-order valence-corrected chi connectivity index (χ4v) is 4.02. The Labute approximate surface area is 273 Å². The van der Waals surface area contributed by atoms with Crippen LogP contribution in [-0.2, 0) is 22.5 Å². The van der Waals surface area contributed by atoms with Crippen molar-refractivity contribution < 1.29 is 83.0 Å².